The number of hydrogen-bond acceptors (Lipinski definition) is 3. The third kappa shape index (κ3) is 2.20. The van der Waals surface area contributed by atoms with E-state index >= 15 is 0 Å². The van der Waals surface area contributed by atoms with Gasteiger partial charge in [-0.15, -0.1) is 0 Å². The van der Waals surface area contributed by atoms with Gasteiger partial charge in [-0.3, -0.25) is 0 Å². The monoisotopic (exact) mass is 286 g/mol. The summed E-state index contributed by atoms with van der Waals surface area (Å²) in [4.78, 5) is 10.9. The number of carbonyl (C=O) groups is 1. The maximum atomic E-state index is 10.9. The molecular formula is C17H18O4. The van der Waals surface area contributed by atoms with Gasteiger partial charge in [0.15, 0.2) is 6.10 Å². The molecule has 0 amide bonds. The largest absolute Gasteiger partial charge is 0.479 e. The van der Waals surface area contributed by atoms with Gasteiger partial charge in [-0.05, 0) is 56.4 Å². The highest BCUT2D eigenvalue weighted by molar-refractivity contribution is 5.81. The Morgan fingerprint density at radius 3 is 2.81 bits per heavy atom. The summed E-state index contributed by atoms with van der Waals surface area (Å²) in [5, 5.41) is 8.96. The van der Waals surface area contributed by atoms with Crippen LogP contribution in [0.15, 0.2) is 30.0 Å². The lowest BCUT2D eigenvalue weighted by Crippen LogP contribution is -2.23. The molecule has 4 nitrogen and oxygen atoms in total. The van der Waals surface area contributed by atoms with Gasteiger partial charge in [0.1, 0.15) is 17.3 Å². The number of carboxylic acids is 1. The van der Waals surface area contributed by atoms with E-state index in [9.17, 15) is 4.79 Å². The number of rotatable bonds is 3. The van der Waals surface area contributed by atoms with Crippen LogP contribution in [0.3, 0.4) is 0 Å². The van der Waals surface area contributed by atoms with Crippen molar-refractivity contribution < 1.29 is 19.4 Å². The molecule has 4 heteroatoms. The van der Waals surface area contributed by atoms with E-state index in [-0.39, 0.29) is 0 Å². The lowest BCUT2D eigenvalue weighted by molar-refractivity contribution is -0.144. The number of allylic oxidation sites excluding steroid dienone is 2. The lowest BCUT2D eigenvalue weighted by atomic mass is 9.95. The molecule has 0 bridgehead atoms. The van der Waals surface area contributed by atoms with E-state index in [2.05, 4.69) is 6.58 Å². The zero-order valence-corrected chi connectivity index (χ0v) is 12.2. The molecule has 0 aromatic heterocycles. The minimum Gasteiger partial charge on any atom is -0.479 e. The Hall–Kier alpha value is -2.23. The van der Waals surface area contributed by atoms with Crippen LogP contribution in [0.5, 0.6) is 11.5 Å². The summed E-state index contributed by atoms with van der Waals surface area (Å²) >= 11 is 0. The summed E-state index contributed by atoms with van der Waals surface area (Å²) in [5.41, 5.74) is 4.43. The molecule has 1 aliphatic heterocycles. The first-order valence-corrected chi connectivity index (χ1v) is 7.11. The lowest BCUT2D eigenvalue weighted by Gasteiger charge is -2.25. The van der Waals surface area contributed by atoms with Gasteiger partial charge in [0.2, 0.25) is 0 Å². The van der Waals surface area contributed by atoms with Gasteiger partial charge in [-0.25, -0.2) is 4.79 Å². The van der Waals surface area contributed by atoms with Crippen molar-refractivity contribution in [2.24, 2.45) is 0 Å². The molecule has 1 atom stereocenters. The van der Waals surface area contributed by atoms with Crippen LogP contribution >= 0.6 is 0 Å². The molecular weight excluding hydrogens is 268 g/mol. The number of ether oxygens (including phenoxy) is 2. The number of aliphatic carboxylic acids is 1. The zero-order chi connectivity index (χ0) is 15.1. The van der Waals surface area contributed by atoms with Crippen molar-refractivity contribution >= 4 is 11.5 Å². The van der Waals surface area contributed by atoms with Crippen molar-refractivity contribution in [1.29, 1.82) is 0 Å². The van der Waals surface area contributed by atoms with Gasteiger partial charge in [-0.1, -0.05) is 6.58 Å². The van der Waals surface area contributed by atoms with Crippen LogP contribution in [0.25, 0.3) is 5.57 Å². The third-order valence-electron chi connectivity index (χ3n) is 4.11. The van der Waals surface area contributed by atoms with Crippen LogP contribution in [0.2, 0.25) is 0 Å². The summed E-state index contributed by atoms with van der Waals surface area (Å²) in [6.07, 6.45) is 2.28. The minimum absolute atomic E-state index is 0.540. The average Bonchev–Trinajstić information content (AvgIpc) is 2.92. The number of carboxylic acid groups (broad SMARTS) is 1. The van der Waals surface area contributed by atoms with E-state index in [1.54, 1.807) is 0 Å². The van der Waals surface area contributed by atoms with E-state index in [0.717, 1.165) is 36.1 Å². The molecule has 3 rings (SSSR count). The van der Waals surface area contributed by atoms with E-state index in [4.69, 9.17) is 14.6 Å². The van der Waals surface area contributed by atoms with Gasteiger partial charge in [-0.2, -0.15) is 0 Å². The fourth-order valence-corrected chi connectivity index (χ4v) is 2.94. The van der Waals surface area contributed by atoms with Crippen LogP contribution in [-0.4, -0.2) is 17.2 Å². The van der Waals surface area contributed by atoms with Crippen molar-refractivity contribution in [2.75, 3.05) is 0 Å². The van der Waals surface area contributed by atoms with Crippen molar-refractivity contribution in [1.82, 2.24) is 0 Å². The Morgan fingerprint density at radius 2 is 2.10 bits per heavy atom. The molecule has 110 valence electrons. The van der Waals surface area contributed by atoms with Gasteiger partial charge >= 0.3 is 5.97 Å². The van der Waals surface area contributed by atoms with Gasteiger partial charge in [0, 0.05) is 11.1 Å². The Labute approximate surface area is 123 Å². The molecule has 1 unspecified atom stereocenters. The standard InChI is InChI=1S/C17H18O4/c1-9-15(20-11(3)17(18)19)8-7-14-13-6-4-5-12(13)10(2)21-16(9)14/h7-8,11H,2,4-6H2,1,3H3,(H,18,19). The predicted molar refractivity (Wildman–Crippen MR) is 79.4 cm³/mol. The fraction of sp³-hybridized carbons (Fsp3) is 0.353. The summed E-state index contributed by atoms with van der Waals surface area (Å²) in [6, 6.07) is 3.79. The van der Waals surface area contributed by atoms with E-state index in [1.165, 1.54) is 18.1 Å². The number of benzene rings is 1. The number of fused-ring (bicyclic) bond motifs is 2. The number of hydrogen-bond donors (Lipinski definition) is 1. The molecule has 0 saturated heterocycles. The topological polar surface area (TPSA) is 55.8 Å². The van der Waals surface area contributed by atoms with Crippen LogP contribution in [0.4, 0.5) is 0 Å². The highest BCUT2D eigenvalue weighted by Gasteiger charge is 2.29. The first-order valence-electron chi connectivity index (χ1n) is 7.11. The molecule has 1 N–H and O–H groups in total. The van der Waals surface area contributed by atoms with Gasteiger partial charge < -0.3 is 14.6 Å². The second-order valence-corrected chi connectivity index (χ2v) is 5.50. The zero-order valence-electron chi connectivity index (χ0n) is 12.2. The third-order valence-corrected chi connectivity index (χ3v) is 4.11. The second-order valence-electron chi connectivity index (χ2n) is 5.50. The van der Waals surface area contributed by atoms with E-state index in [1.807, 2.05) is 19.1 Å². The van der Waals surface area contributed by atoms with Crippen LogP contribution < -0.4 is 9.47 Å². The minimum atomic E-state index is -0.988. The smallest absolute Gasteiger partial charge is 0.344 e. The van der Waals surface area contributed by atoms with Crippen molar-refractivity contribution in [3.05, 3.63) is 41.2 Å². The molecule has 2 aliphatic rings. The van der Waals surface area contributed by atoms with E-state index in [0.29, 0.717) is 11.5 Å². The molecule has 1 aliphatic carbocycles. The first kappa shape index (κ1) is 13.7. The maximum absolute atomic E-state index is 10.9. The van der Waals surface area contributed by atoms with Crippen LogP contribution in [0.1, 0.15) is 37.3 Å². The van der Waals surface area contributed by atoms with Gasteiger partial charge in [0.05, 0.1) is 0 Å². The summed E-state index contributed by atoms with van der Waals surface area (Å²) < 4.78 is 11.4. The molecule has 0 fully saturated rings. The van der Waals surface area contributed by atoms with Crippen LogP contribution in [0, 0.1) is 6.92 Å². The Balaban J connectivity index is 2.02. The SMILES string of the molecule is C=C1Oc2c(ccc(OC(C)C(=O)O)c2C)C2=C1CCC2. The summed E-state index contributed by atoms with van der Waals surface area (Å²) in [7, 11) is 0. The Bertz CT molecular complexity index is 670. The fourth-order valence-electron chi connectivity index (χ4n) is 2.94. The molecule has 0 radical (unpaired) electrons. The van der Waals surface area contributed by atoms with Crippen LogP contribution in [-0.2, 0) is 4.79 Å². The maximum Gasteiger partial charge on any atom is 0.344 e. The summed E-state index contributed by atoms with van der Waals surface area (Å²) in [6.45, 7) is 7.40. The highest BCUT2D eigenvalue weighted by atomic mass is 16.5. The molecule has 21 heavy (non-hydrogen) atoms. The van der Waals surface area contributed by atoms with Gasteiger partial charge in [0.25, 0.3) is 0 Å². The normalized spacial score (nSPS) is 17.9. The van der Waals surface area contributed by atoms with Crippen molar-refractivity contribution in [3.8, 4) is 11.5 Å². The van der Waals surface area contributed by atoms with Crippen molar-refractivity contribution in [3.63, 3.8) is 0 Å². The Kier molecular flexibility index (Phi) is 3.24. The average molecular weight is 286 g/mol. The molecule has 1 heterocycles. The Morgan fingerprint density at radius 1 is 1.38 bits per heavy atom. The van der Waals surface area contributed by atoms with Crippen molar-refractivity contribution in [2.45, 2.75) is 39.2 Å². The van der Waals surface area contributed by atoms with E-state index < -0.39 is 12.1 Å². The molecule has 0 saturated carbocycles. The quantitative estimate of drug-likeness (QED) is 0.920. The second kappa shape index (κ2) is 4.95. The predicted octanol–water partition coefficient (Wildman–Crippen LogP) is 3.69. The molecule has 0 spiro atoms. The molecule has 1 aromatic rings. The molecule has 1 aromatic carbocycles. The highest BCUT2D eigenvalue weighted by Crippen LogP contribution is 2.48. The summed E-state index contributed by atoms with van der Waals surface area (Å²) in [5.74, 6) is 1.01. The first-order chi connectivity index (χ1) is 9.99.